The Morgan fingerprint density at radius 3 is 0.408 bits per heavy atom. The summed E-state index contributed by atoms with van der Waals surface area (Å²) in [6, 6.07) is 44.2. The van der Waals surface area contributed by atoms with Crippen molar-refractivity contribution in [3.8, 4) is 0 Å². The topological polar surface area (TPSA) is 44.8 Å². The van der Waals surface area contributed by atoms with E-state index in [9.17, 15) is 0 Å². The van der Waals surface area contributed by atoms with Gasteiger partial charge in [0.15, 0.2) is 0 Å². The molecule has 9 aromatic carbocycles. The summed E-state index contributed by atoms with van der Waals surface area (Å²) in [7, 11) is -14.4. The van der Waals surface area contributed by atoms with Crippen molar-refractivity contribution in [2.24, 2.45) is 0 Å². The van der Waals surface area contributed by atoms with Gasteiger partial charge in [-0.2, -0.15) is 0 Å². The maximum absolute atomic E-state index is 17.9. The molecule has 0 aliphatic heterocycles. The van der Waals surface area contributed by atoms with Crippen molar-refractivity contribution in [1.82, 2.24) is 0 Å². The molecular weight excluding hydrogens is 1020 g/mol. The molecule has 0 unspecified atom stereocenters. The van der Waals surface area contributed by atoms with Crippen LogP contribution in [-0.4, -0.2) is 25.0 Å². The number of rotatable bonds is 15. The van der Waals surface area contributed by atoms with E-state index in [0.29, 0.717) is 0 Å². The van der Waals surface area contributed by atoms with Gasteiger partial charge in [0.1, 0.15) is 0 Å². The number of halogens is 9. The van der Waals surface area contributed by atoms with Gasteiger partial charge < -0.3 is 0 Å². The van der Waals surface area contributed by atoms with Gasteiger partial charge in [-0.25, -0.2) is 0 Å². The van der Waals surface area contributed by atoms with Gasteiger partial charge in [-0.3, -0.25) is 0 Å². The molecule has 71 heavy (non-hydrogen) atoms. The Bertz CT molecular complexity index is 2630. The standard InChI is InChI=1S/3C18H12F3OSi.O.V/c3*19-13-1-7-16(8-2-13)23(22,17-9-3-14(20)4-10-17)18-11-5-15(21)6-12-18;;/h3*1-12H;;/q3*-1;;+3. The molecular formula is C54H36F9O4Si3V. The molecule has 4 nitrogen and oxygen atoms in total. The summed E-state index contributed by atoms with van der Waals surface area (Å²) in [5.41, 5.74) is 0. The third-order valence-corrected chi connectivity index (χ3v) is 30.8. The first-order chi connectivity index (χ1) is 34.1. The summed E-state index contributed by atoms with van der Waals surface area (Å²) in [5, 5.41) is 1.38. The molecule has 0 aliphatic rings. The van der Waals surface area contributed by atoms with Crippen molar-refractivity contribution in [2.45, 2.75) is 0 Å². The van der Waals surface area contributed by atoms with Gasteiger partial charge in [0.25, 0.3) is 0 Å². The molecule has 356 valence electrons. The van der Waals surface area contributed by atoms with Crippen molar-refractivity contribution in [3.63, 3.8) is 0 Å². The summed E-state index contributed by atoms with van der Waals surface area (Å²) in [4.78, 5) is 0. The van der Waals surface area contributed by atoms with Gasteiger partial charge in [0.2, 0.25) is 0 Å². The minimum absolute atomic E-state index is 0.154. The molecule has 0 radical (unpaired) electrons. The van der Waals surface area contributed by atoms with E-state index in [-0.39, 0.29) is 46.7 Å². The van der Waals surface area contributed by atoms with Crippen LogP contribution in [0.25, 0.3) is 0 Å². The van der Waals surface area contributed by atoms with E-state index < -0.39 is 92.3 Å². The van der Waals surface area contributed by atoms with Crippen LogP contribution >= 0.6 is 0 Å². The SMILES string of the molecule is [O]=[V]([O][Si](c1ccc(F)cc1)(c1ccc(F)cc1)c1ccc(F)cc1)([O][Si](c1ccc(F)cc1)(c1ccc(F)cc1)c1ccc(F)cc1)[O][Si](c1ccc(F)cc1)(c1ccc(F)cc1)c1ccc(F)cc1. The number of hydrogen-bond donors (Lipinski definition) is 0. The zero-order chi connectivity index (χ0) is 50.0. The van der Waals surface area contributed by atoms with E-state index in [0.717, 1.165) is 109 Å². The van der Waals surface area contributed by atoms with E-state index in [1.807, 2.05) is 0 Å². The van der Waals surface area contributed by atoms with Crippen molar-refractivity contribution in [1.29, 1.82) is 0 Å². The number of hydrogen-bond acceptors (Lipinski definition) is 4. The molecule has 0 aromatic heterocycles. The maximum atomic E-state index is 17.9. The molecule has 0 heterocycles. The quantitative estimate of drug-likeness (QED) is 0.0606. The van der Waals surface area contributed by atoms with Crippen LogP contribution < -0.4 is 46.7 Å². The van der Waals surface area contributed by atoms with Crippen molar-refractivity contribution >= 4 is 71.6 Å². The van der Waals surface area contributed by atoms with E-state index in [4.69, 9.17) is 10.1 Å². The van der Waals surface area contributed by atoms with E-state index in [1.54, 1.807) is 0 Å². The van der Waals surface area contributed by atoms with Gasteiger partial charge in [0, 0.05) is 0 Å². The Labute approximate surface area is 408 Å². The molecule has 17 heteroatoms. The van der Waals surface area contributed by atoms with Gasteiger partial charge >= 0.3 is 411 Å². The first-order valence-electron chi connectivity index (χ1n) is 21.7. The first kappa shape index (κ1) is 49.3. The molecule has 9 rings (SSSR count). The second-order valence-electron chi connectivity index (χ2n) is 16.3. The van der Waals surface area contributed by atoms with E-state index in [2.05, 4.69) is 0 Å². The summed E-state index contributed by atoms with van der Waals surface area (Å²) < 4.78 is 176. The molecule has 0 saturated heterocycles. The summed E-state index contributed by atoms with van der Waals surface area (Å²) in [6.07, 6.45) is 0. The summed E-state index contributed by atoms with van der Waals surface area (Å²) >= 11 is -6.92. The molecule has 0 spiro atoms. The molecule has 0 atom stereocenters. The van der Waals surface area contributed by atoms with Crippen LogP contribution in [0.4, 0.5) is 39.5 Å². The normalized spacial score (nSPS) is 12.2. The van der Waals surface area contributed by atoms with Crippen LogP contribution in [0.5, 0.6) is 0 Å². The molecule has 0 N–H and O–H groups in total. The fraction of sp³-hybridized carbons (Fsp3) is 0. The Morgan fingerprint density at radius 1 is 0.211 bits per heavy atom. The first-order valence-corrected chi connectivity index (χ1v) is 29.7. The van der Waals surface area contributed by atoms with E-state index >= 15 is 43.2 Å². The molecule has 9 aromatic rings. The molecule has 0 fully saturated rings. The second-order valence-corrected chi connectivity index (χ2v) is 30.1. The number of benzene rings is 9. The predicted octanol–water partition coefficient (Wildman–Crippen LogP) is 7.53. The predicted molar refractivity (Wildman–Crippen MR) is 256 cm³/mol. The van der Waals surface area contributed by atoms with Crippen LogP contribution in [0.15, 0.2) is 218 Å². The van der Waals surface area contributed by atoms with Crippen molar-refractivity contribution < 1.29 is 68.3 Å². The third-order valence-electron chi connectivity index (χ3n) is 12.0. The Hall–Kier alpha value is -6.73. The van der Waals surface area contributed by atoms with Gasteiger partial charge in [-0.05, 0) is 0 Å². The van der Waals surface area contributed by atoms with Crippen LogP contribution in [0.2, 0.25) is 0 Å². The molecule has 0 saturated carbocycles. The van der Waals surface area contributed by atoms with Crippen LogP contribution in [0.3, 0.4) is 0 Å². The van der Waals surface area contributed by atoms with Gasteiger partial charge in [-0.15, -0.1) is 0 Å². The van der Waals surface area contributed by atoms with Crippen LogP contribution in [-0.2, 0) is 28.8 Å². The Morgan fingerprint density at radius 2 is 0.310 bits per heavy atom. The second kappa shape index (κ2) is 20.2. The van der Waals surface area contributed by atoms with Crippen LogP contribution in [0.1, 0.15) is 0 Å². The zero-order valence-corrected chi connectivity index (χ0v) is 41.2. The van der Waals surface area contributed by atoms with Crippen molar-refractivity contribution in [3.05, 3.63) is 271 Å². The molecule has 0 amide bonds. The summed E-state index contributed by atoms with van der Waals surface area (Å²) in [6.45, 7) is 0. The van der Waals surface area contributed by atoms with Crippen molar-refractivity contribution in [2.75, 3.05) is 0 Å². The Balaban J connectivity index is 1.46. The summed E-state index contributed by atoms with van der Waals surface area (Å²) in [5.74, 6) is -6.24. The molecule has 0 bridgehead atoms. The van der Waals surface area contributed by atoms with Gasteiger partial charge in [-0.1, -0.05) is 0 Å². The third kappa shape index (κ3) is 9.85. The monoisotopic (exact) mass is 1050 g/mol. The van der Waals surface area contributed by atoms with E-state index in [1.165, 1.54) is 109 Å². The minimum atomic E-state index is -6.92. The fourth-order valence-electron chi connectivity index (χ4n) is 8.69. The fourth-order valence-corrected chi connectivity index (χ4v) is 30.6. The zero-order valence-electron chi connectivity index (χ0n) is 36.8. The van der Waals surface area contributed by atoms with Crippen LogP contribution in [0, 0.1) is 52.4 Å². The van der Waals surface area contributed by atoms with Gasteiger partial charge in [0.05, 0.1) is 0 Å². The molecule has 0 aliphatic carbocycles. The Kier molecular flexibility index (Phi) is 14.0. The average Bonchev–Trinajstić information content (AvgIpc) is 3.37. The average molecular weight is 1060 g/mol.